The van der Waals surface area contributed by atoms with Crippen molar-refractivity contribution in [1.82, 2.24) is 0 Å². The van der Waals surface area contributed by atoms with Gasteiger partial charge in [-0.1, -0.05) is 6.42 Å². The molecule has 0 atom stereocenters. The Morgan fingerprint density at radius 1 is 1.25 bits per heavy atom. The van der Waals surface area contributed by atoms with Crippen molar-refractivity contribution in [2.75, 3.05) is 5.88 Å². The van der Waals surface area contributed by atoms with Crippen molar-refractivity contribution in [3.8, 4) is 0 Å². The lowest BCUT2D eigenvalue weighted by Crippen LogP contribution is -2.32. The van der Waals surface area contributed by atoms with Crippen LogP contribution in [0.2, 0.25) is 0 Å². The van der Waals surface area contributed by atoms with Gasteiger partial charge in [-0.3, -0.25) is 0 Å². The fourth-order valence-electron chi connectivity index (χ4n) is 1.53. The Morgan fingerprint density at radius 3 is 2.08 bits per heavy atom. The molecule has 0 radical (unpaired) electrons. The van der Waals surface area contributed by atoms with Gasteiger partial charge < -0.3 is 0 Å². The van der Waals surface area contributed by atoms with E-state index in [1.807, 2.05) is 0 Å². The molecule has 0 saturated heterocycles. The van der Waals surface area contributed by atoms with E-state index in [2.05, 4.69) is 0 Å². The van der Waals surface area contributed by atoms with Crippen molar-refractivity contribution >= 4 is 11.6 Å². The third-order valence-corrected chi connectivity index (χ3v) is 3.20. The van der Waals surface area contributed by atoms with E-state index in [1.165, 1.54) is 0 Å². The second kappa shape index (κ2) is 3.44. The minimum atomic E-state index is -4.02. The van der Waals surface area contributed by atoms with E-state index in [-0.39, 0.29) is 11.8 Å². The van der Waals surface area contributed by atoms with E-state index in [9.17, 15) is 13.2 Å². The zero-order valence-electron chi connectivity index (χ0n) is 6.75. The summed E-state index contributed by atoms with van der Waals surface area (Å²) in [5, 5.41) is 0. The third kappa shape index (κ3) is 2.54. The number of rotatable bonds is 3. The lowest BCUT2D eigenvalue weighted by atomic mass is 9.67. The van der Waals surface area contributed by atoms with Gasteiger partial charge in [-0.2, -0.15) is 13.2 Å². The summed E-state index contributed by atoms with van der Waals surface area (Å²) in [4.78, 5) is 0. The van der Waals surface area contributed by atoms with Crippen LogP contribution in [0.4, 0.5) is 13.2 Å². The van der Waals surface area contributed by atoms with Gasteiger partial charge >= 0.3 is 6.18 Å². The standard InChI is InChI=1S/C8H12ClF3/c9-6-7(2-1-3-7)4-5-8(10,11)12/h1-6H2. The number of alkyl halides is 4. The topological polar surface area (TPSA) is 0 Å². The van der Waals surface area contributed by atoms with Gasteiger partial charge in [0.25, 0.3) is 0 Å². The molecule has 12 heavy (non-hydrogen) atoms. The van der Waals surface area contributed by atoms with Crippen LogP contribution in [0.5, 0.6) is 0 Å². The second-order valence-corrected chi connectivity index (χ2v) is 3.87. The summed E-state index contributed by atoms with van der Waals surface area (Å²) >= 11 is 5.62. The highest BCUT2D eigenvalue weighted by Gasteiger charge is 2.39. The van der Waals surface area contributed by atoms with Crippen LogP contribution in [0.1, 0.15) is 32.1 Å². The molecule has 1 saturated carbocycles. The van der Waals surface area contributed by atoms with Crippen LogP contribution in [0, 0.1) is 5.41 Å². The summed E-state index contributed by atoms with van der Waals surface area (Å²) in [6.45, 7) is 0. The molecule has 0 N–H and O–H groups in total. The van der Waals surface area contributed by atoms with Crippen molar-refractivity contribution in [2.24, 2.45) is 5.41 Å². The smallest absolute Gasteiger partial charge is 0.171 e. The normalized spacial score (nSPS) is 22.0. The molecule has 0 aromatic rings. The molecule has 1 aliphatic rings. The lowest BCUT2D eigenvalue weighted by molar-refractivity contribution is -0.143. The Kier molecular flexibility index (Phi) is 2.92. The van der Waals surface area contributed by atoms with Gasteiger partial charge in [-0.15, -0.1) is 11.6 Å². The highest BCUT2D eigenvalue weighted by atomic mass is 35.5. The van der Waals surface area contributed by atoms with E-state index >= 15 is 0 Å². The van der Waals surface area contributed by atoms with E-state index in [0.717, 1.165) is 19.3 Å². The maximum Gasteiger partial charge on any atom is 0.389 e. The van der Waals surface area contributed by atoms with Gasteiger partial charge in [0, 0.05) is 12.3 Å². The molecule has 1 aliphatic carbocycles. The van der Waals surface area contributed by atoms with Crippen molar-refractivity contribution in [2.45, 2.75) is 38.3 Å². The highest BCUT2D eigenvalue weighted by molar-refractivity contribution is 6.18. The average Bonchev–Trinajstić information content (AvgIpc) is 1.84. The molecule has 1 rings (SSSR count). The van der Waals surface area contributed by atoms with Crippen LogP contribution < -0.4 is 0 Å². The van der Waals surface area contributed by atoms with Gasteiger partial charge in [0.2, 0.25) is 0 Å². The van der Waals surface area contributed by atoms with Crippen LogP contribution in [0.3, 0.4) is 0 Å². The Morgan fingerprint density at radius 2 is 1.83 bits per heavy atom. The Bertz CT molecular complexity index is 143. The first-order valence-corrected chi connectivity index (χ1v) is 4.64. The van der Waals surface area contributed by atoms with Crippen LogP contribution in [-0.4, -0.2) is 12.1 Å². The zero-order chi connectivity index (χ0) is 9.24. The van der Waals surface area contributed by atoms with Gasteiger partial charge in [-0.05, 0) is 24.7 Å². The molecular formula is C8H12ClF3. The van der Waals surface area contributed by atoms with Crippen LogP contribution >= 0.6 is 11.6 Å². The maximum absolute atomic E-state index is 11.8. The summed E-state index contributed by atoms with van der Waals surface area (Å²) in [6.07, 6.45) is -1.72. The molecule has 1 fully saturated rings. The quantitative estimate of drug-likeness (QED) is 0.609. The first kappa shape index (κ1) is 10.2. The monoisotopic (exact) mass is 200 g/mol. The molecule has 72 valence electrons. The Hall–Kier alpha value is 0.0800. The van der Waals surface area contributed by atoms with Crippen molar-refractivity contribution in [1.29, 1.82) is 0 Å². The number of halogens is 4. The third-order valence-electron chi connectivity index (χ3n) is 2.64. The molecule has 0 nitrogen and oxygen atoms in total. The maximum atomic E-state index is 11.8. The summed E-state index contributed by atoms with van der Waals surface area (Å²) in [5.74, 6) is 0.378. The fourth-order valence-corrected chi connectivity index (χ4v) is 1.94. The lowest BCUT2D eigenvalue weighted by Gasteiger charge is -2.40. The molecule has 0 aromatic heterocycles. The molecule has 0 aromatic carbocycles. The van der Waals surface area contributed by atoms with E-state index in [4.69, 9.17) is 11.6 Å². The molecule has 0 bridgehead atoms. The van der Waals surface area contributed by atoms with Gasteiger partial charge in [-0.25, -0.2) is 0 Å². The van der Waals surface area contributed by atoms with E-state index in [1.54, 1.807) is 0 Å². The average molecular weight is 201 g/mol. The molecule has 0 aliphatic heterocycles. The summed E-state index contributed by atoms with van der Waals surface area (Å²) in [5.41, 5.74) is -0.183. The van der Waals surface area contributed by atoms with Gasteiger partial charge in [0.05, 0.1) is 0 Å². The SMILES string of the molecule is FC(F)(F)CCC1(CCl)CCC1. The Labute approximate surface area is 75.1 Å². The molecule has 0 amide bonds. The summed E-state index contributed by atoms with van der Waals surface area (Å²) in [7, 11) is 0. The molecule has 0 spiro atoms. The largest absolute Gasteiger partial charge is 0.389 e. The van der Waals surface area contributed by atoms with Crippen molar-refractivity contribution in [3.05, 3.63) is 0 Å². The van der Waals surface area contributed by atoms with Crippen molar-refractivity contribution in [3.63, 3.8) is 0 Å². The molecule has 0 unspecified atom stereocenters. The number of hydrogen-bond acceptors (Lipinski definition) is 0. The minimum absolute atomic E-state index is 0.183. The fraction of sp³-hybridized carbons (Fsp3) is 1.00. The van der Waals surface area contributed by atoms with E-state index < -0.39 is 12.6 Å². The van der Waals surface area contributed by atoms with Gasteiger partial charge in [0.15, 0.2) is 0 Å². The minimum Gasteiger partial charge on any atom is -0.171 e. The van der Waals surface area contributed by atoms with Gasteiger partial charge in [0.1, 0.15) is 0 Å². The summed E-state index contributed by atoms with van der Waals surface area (Å²) in [6, 6.07) is 0. The molecule has 0 heterocycles. The molecular weight excluding hydrogens is 189 g/mol. The van der Waals surface area contributed by atoms with Crippen LogP contribution in [0.15, 0.2) is 0 Å². The first-order valence-electron chi connectivity index (χ1n) is 4.10. The highest BCUT2D eigenvalue weighted by Crippen LogP contribution is 2.47. The van der Waals surface area contributed by atoms with Crippen molar-refractivity contribution < 1.29 is 13.2 Å². The second-order valence-electron chi connectivity index (χ2n) is 3.60. The van der Waals surface area contributed by atoms with Crippen LogP contribution in [0.25, 0.3) is 0 Å². The number of hydrogen-bond donors (Lipinski definition) is 0. The Balaban J connectivity index is 2.30. The zero-order valence-corrected chi connectivity index (χ0v) is 7.51. The predicted molar refractivity (Wildman–Crippen MR) is 42.3 cm³/mol. The summed E-state index contributed by atoms with van der Waals surface area (Å²) < 4.78 is 35.5. The van der Waals surface area contributed by atoms with E-state index in [0.29, 0.717) is 5.88 Å². The predicted octanol–water partition coefficient (Wildman–Crippen LogP) is 3.74. The molecule has 4 heteroatoms. The van der Waals surface area contributed by atoms with Crippen LogP contribution in [-0.2, 0) is 0 Å². The first-order chi connectivity index (χ1) is 5.47.